The number of likely N-dealkylation sites (N-methyl/N-ethyl adjacent to an activating group) is 1. The van der Waals surface area contributed by atoms with Crippen molar-refractivity contribution in [2.45, 2.75) is 30.8 Å². The minimum Gasteiger partial charge on any atom is -0.486 e. The first kappa shape index (κ1) is 34.0. The van der Waals surface area contributed by atoms with Gasteiger partial charge in [-0.15, -0.1) is 0 Å². The summed E-state index contributed by atoms with van der Waals surface area (Å²) in [7, 11) is -4.45. The van der Waals surface area contributed by atoms with E-state index in [-0.39, 0.29) is 40.9 Å². The highest BCUT2D eigenvalue weighted by molar-refractivity contribution is 7.92. The number of hydrogen-bond acceptors (Lipinski definition) is 6. The molecule has 0 unspecified atom stereocenters. The van der Waals surface area contributed by atoms with Gasteiger partial charge in [0.05, 0.1) is 10.6 Å². The number of nitrogens with zero attached hydrogens (tertiary/aromatic N) is 2. The van der Waals surface area contributed by atoms with Crippen LogP contribution in [0.1, 0.15) is 18.1 Å². The van der Waals surface area contributed by atoms with Crippen molar-refractivity contribution < 1.29 is 31.9 Å². The zero-order valence-electron chi connectivity index (χ0n) is 25.4. The fourth-order valence-electron chi connectivity index (χ4n) is 5.13. The molecule has 0 spiro atoms. The van der Waals surface area contributed by atoms with Gasteiger partial charge < -0.3 is 19.7 Å². The van der Waals surface area contributed by atoms with Crippen LogP contribution in [0.3, 0.4) is 0 Å². The summed E-state index contributed by atoms with van der Waals surface area (Å²) in [6.07, 6.45) is 0.134. The molecule has 4 aromatic carbocycles. The fraction of sp³-hybridized carbons (Fsp3) is 0.235. The molecule has 0 bridgehead atoms. The Kier molecular flexibility index (Phi) is 10.9. The van der Waals surface area contributed by atoms with E-state index < -0.39 is 40.2 Å². The van der Waals surface area contributed by atoms with Crippen molar-refractivity contribution in [1.29, 1.82) is 0 Å². The molecule has 0 saturated carbocycles. The second-order valence-corrected chi connectivity index (χ2v) is 13.4. The van der Waals surface area contributed by atoms with Gasteiger partial charge in [0.25, 0.3) is 10.0 Å². The molecule has 1 aliphatic heterocycles. The van der Waals surface area contributed by atoms with E-state index in [1.807, 2.05) is 30.3 Å². The van der Waals surface area contributed by atoms with E-state index in [4.69, 9.17) is 32.7 Å². The minimum atomic E-state index is -4.45. The summed E-state index contributed by atoms with van der Waals surface area (Å²) in [6, 6.07) is 21.8. The Hall–Kier alpha value is -4.32. The average Bonchev–Trinajstić information content (AvgIpc) is 3.06. The van der Waals surface area contributed by atoms with Crippen LogP contribution in [-0.2, 0) is 32.6 Å². The molecular weight excluding hydrogens is 668 g/mol. The van der Waals surface area contributed by atoms with Crippen LogP contribution in [-0.4, -0.2) is 57.5 Å². The Bertz CT molecular complexity index is 1840. The first-order valence-electron chi connectivity index (χ1n) is 14.8. The Morgan fingerprint density at radius 2 is 1.62 bits per heavy atom. The van der Waals surface area contributed by atoms with E-state index in [1.165, 1.54) is 41.3 Å². The molecule has 4 aromatic rings. The molecule has 0 aliphatic carbocycles. The zero-order chi connectivity index (χ0) is 33.6. The van der Waals surface area contributed by atoms with Gasteiger partial charge in [-0.25, -0.2) is 12.8 Å². The summed E-state index contributed by atoms with van der Waals surface area (Å²) in [6.45, 7) is 1.76. The lowest BCUT2D eigenvalue weighted by Crippen LogP contribution is -2.53. The van der Waals surface area contributed by atoms with Crippen LogP contribution >= 0.6 is 23.2 Å². The quantitative estimate of drug-likeness (QED) is 0.198. The van der Waals surface area contributed by atoms with Crippen LogP contribution in [0.15, 0.2) is 95.9 Å². The summed E-state index contributed by atoms with van der Waals surface area (Å²) in [5.74, 6) is -1.10. The molecule has 0 saturated heterocycles. The maximum atomic E-state index is 14.5. The van der Waals surface area contributed by atoms with Crippen LogP contribution in [0.2, 0.25) is 10.0 Å². The summed E-state index contributed by atoms with van der Waals surface area (Å²) < 4.78 is 54.5. The van der Waals surface area contributed by atoms with Gasteiger partial charge in [-0.05, 0) is 66.6 Å². The standard InChI is InChI=1S/C34H32Cl2FN3O6S/c1-2-38-34(42)30(18-23-6-4-3-5-7-23)39(21-24-8-9-25(35)19-29(24)36)33(41)22-40(27-12-10-26(37)11-13-27)47(43,44)28-14-15-31-32(20-28)46-17-16-45-31/h3-15,19-20,30H,2,16-18,21-22H2,1H3,(H,38,42)/t30-/m1/s1. The van der Waals surface area contributed by atoms with Gasteiger partial charge in [0, 0.05) is 35.6 Å². The van der Waals surface area contributed by atoms with Crippen molar-refractivity contribution in [3.8, 4) is 11.5 Å². The third kappa shape index (κ3) is 8.16. The SMILES string of the molecule is CCNC(=O)[C@@H](Cc1ccccc1)N(Cc1ccc(Cl)cc1Cl)C(=O)CN(c1ccc(F)cc1)S(=O)(=O)c1ccc2c(c1)OCCO2. The summed E-state index contributed by atoms with van der Waals surface area (Å²) in [5, 5.41) is 3.45. The van der Waals surface area contributed by atoms with Crippen molar-refractivity contribution in [3.63, 3.8) is 0 Å². The lowest BCUT2D eigenvalue weighted by molar-refractivity contribution is -0.140. The molecule has 5 rings (SSSR count). The number of benzene rings is 4. The number of ether oxygens (including phenoxy) is 2. The monoisotopic (exact) mass is 699 g/mol. The number of rotatable bonds is 12. The largest absolute Gasteiger partial charge is 0.486 e. The Balaban J connectivity index is 1.58. The minimum absolute atomic E-state index is 0.0386. The molecule has 47 heavy (non-hydrogen) atoms. The summed E-state index contributed by atoms with van der Waals surface area (Å²) in [4.78, 5) is 29.2. The van der Waals surface area contributed by atoms with Gasteiger partial charge in [0.1, 0.15) is 31.6 Å². The molecule has 246 valence electrons. The number of fused-ring (bicyclic) bond motifs is 1. The van der Waals surface area contributed by atoms with E-state index in [0.717, 1.165) is 22.0 Å². The number of carbonyl (C=O) groups is 2. The van der Waals surface area contributed by atoms with Crippen molar-refractivity contribution in [2.24, 2.45) is 0 Å². The van der Waals surface area contributed by atoms with Crippen LogP contribution in [0.25, 0.3) is 0 Å². The normalized spacial score (nSPS) is 13.0. The van der Waals surface area contributed by atoms with Gasteiger partial charge in [0.2, 0.25) is 11.8 Å². The first-order valence-corrected chi connectivity index (χ1v) is 17.0. The highest BCUT2D eigenvalue weighted by Gasteiger charge is 2.35. The molecule has 0 aromatic heterocycles. The summed E-state index contributed by atoms with van der Waals surface area (Å²) in [5.41, 5.74) is 1.31. The predicted molar refractivity (Wildman–Crippen MR) is 178 cm³/mol. The fourth-order valence-corrected chi connectivity index (χ4v) is 7.03. The third-order valence-corrected chi connectivity index (χ3v) is 9.83. The highest BCUT2D eigenvalue weighted by Crippen LogP contribution is 2.34. The maximum absolute atomic E-state index is 14.5. The Labute approximate surface area is 282 Å². The van der Waals surface area contributed by atoms with Crippen molar-refractivity contribution >= 4 is 50.7 Å². The number of carbonyl (C=O) groups excluding carboxylic acids is 2. The molecule has 1 heterocycles. The summed E-state index contributed by atoms with van der Waals surface area (Å²) >= 11 is 12.7. The van der Waals surface area contributed by atoms with E-state index in [9.17, 15) is 22.4 Å². The molecule has 0 radical (unpaired) electrons. The van der Waals surface area contributed by atoms with Crippen LogP contribution < -0.4 is 19.1 Å². The van der Waals surface area contributed by atoms with Crippen molar-refractivity contribution in [2.75, 3.05) is 30.6 Å². The number of nitrogens with one attached hydrogen (secondary N) is 1. The highest BCUT2D eigenvalue weighted by atomic mass is 35.5. The molecule has 1 atom stereocenters. The van der Waals surface area contributed by atoms with Crippen molar-refractivity contribution in [1.82, 2.24) is 10.2 Å². The lowest BCUT2D eigenvalue weighted by Gasteiger charge is -2.34. The number of amides is 2. The molecule has 9 nitrogen and oxygen atoms in total. The second-order valence-electron chi connectivity index (χ2n) is 10.7. The number of sulfonamides is 1. The zero-order valence-corrected chi connectivity index (χ0v) is 27.7. The number of anilines is 1. The average molecular weight is 701 g/mol. The van der Waals surface area contributed by atoms with E-state index in [1.54, 1.807) is 19.1 Å². The lowest BCUT2D eigenvalue weighted by atomic mass is 10.0. The maximum Gasteiger partial charge on any atom is 0.264 e. The molecule has 2 amide bonds. The van der Waals surface area contributed by atoms with Gasteiger partial charge in [-0.1, -0.05) is 59.6 Å². The number of halogens is 3. The van der Waals surface area contributed by atoms with Crippen LogP contribution in [0.5, 0.6) is 11.5 Å². The van der Waals surface area contributed by atoms with Gasteiger partial charge in [0.15, 0.2) is 11.5 Å². The predicted octanol–water partition coefficient (Wildman–Crippen LogP) is 5.88. The van der Waals surface area contributed by atoms with E-state index >= 15 is 0 Å². The molecular formula is C34H32Cl2FN3O6S. The van der Waals surface area contributed by atoms with E-state index in [2.05, 4.69) is 5.32 Å². The van der Waals surface area contributed by atoms with E-state index in [0.29, 0.717) is 29.5 Å². The molecule has 0 fully saturated rings. The number of hydrogen-bond donors (Lipinski definition) is 1. The third-order valence-electron chi connectivity index (χ3n) is 7.47. The topological polar surface area (TPSA) is 105 Å². The molecule has 1 N–H and O–H groups in total. The van der Waals surface area contributed by atoms with Crippen molar-refractivity contribution in [3.05, 3.63) is 118 Å². The Morgan fingerprint density at radius 1 is 0.915 bits per heavy atom. The molecule has 1 aliphatic rings. The molecule has 13 heteroatoms. The Morgan fingerprint density at radius 3 is 2.30 bits per heavy atom. The van der Waals surface area contributed by atoms with Gasteiger partial charge in [-0.2, -0.15) is 0 Å². The second kappa shape index (κ2) is 15.1. The van der Waals surface area contributed by atoms with Crippen LogP contribution in [0, 0.1) is 5.82 Å². The van der Waals surface area contributed by atoms with Gasteiger partial charge >= 0.3 is 0 Å². The first-order chi connectivity index (χ1) is 22.6. The van der Waals surface area contributed by atoms with Crippen LogP contribution in [0.4, 0.5) is 10.1 Å². The smallest absolute Gasteiger partial charge is 0.264 e. The van der Waals surface area contributed by atoms with Gasteiger partial charge in [-0.3, -0.25) is 13.9 Å².